The van der Waals surface area contributed by atoms with Crippen LogP contribution in [0, 0.1) is 0 Å². The molecule has 0 aromatic rings. The van der Waals surface area contributed by atoms with Gasteiger partial charge in [0.25, 0.3) is 0 Å². The lowest BCUT2D eigenvalue weighted by molar-refractivity contribution is -0.133. The van der Waals surface area contributed by atoms with E-state index in [2.05, 4.69) is 5.32 Å². The molecule has 2 aliphatic heterocycles. The van der Waals surface area contributed by atoms with Crippen molar-refractivity contribution < 1.29 is 9.53 Å². The van der Waals surface area contributed by atoms with Gasteiger partial charge in [-0.1, -0.05) is 12.8 Å². The van der Waals surface area contributed by atoms with Crippen LogP contribution in [0.5, 0.6) is 0 Å². The molecule has 20 heavy (non-hydrogen) atoms. The number of amides is 1. The minimum absolute atomic E-state index is 0.0466. The van der Waals surface area contributed by atoms with Gasteiger partial charge in [0.15, 0.2) is 0 Å². The molecule has 3 fully saturated rings. The van der Waals surface area contributed by atoms with E-state index in [1.165, 1.54) is 38.5 Å². The lowest BCUT2D eigenvalue weighted by Gasteiger charge is -2.39. The highest BCUT2D eigenvalue weighted by molar-refractivity contribution is 5.81. The first-order valence-electron chi connectivity index (χ1n) is 8.37. The Kier molecular flexibility index (Phi) is 4.32. The number of hydrogen-bond donors (Lipinski definition) is 1. The first kappa shape index (κ1) is 14.3. The first-order chi connectivity index (χ1) is 9.69. The van der Waals surface area contributed by atoms with E-state index in [-0.39, 0.29) is 17.6 Å². The van der Waals surface area contributed by atoms with E-state index in [0.717, 1.165) is 32.5 Å². The number of rotatable bonds is 3. The third-order valence-corrected chi connectivity index (χ3v) is 5.28. The predicted molar refractivity (Wildman–Crippen MR) is 78.6 cm³/mol. The largest absolute Gasteiger partial charge is 0.375 e. The Labute approximate surface area is 122 Å². The molecule has 0 aromatic carbocycles. The van der Waals surface area contributed by atoms with Gasteiger partial charge < -0.3 is 15.0 Å². The van der Waals surface area contributed by atoms with Crippen LogP contribution >= 0.6 is 0 Å². The molecule has 3 rings (SSSR count). The van der Waals surface area contributed by atoms with Crippen LogP contribution in [0.2, 0.25) is 0 Å². The van der Waals surface area contributed by atoms with Crippen LogP contribution in [0.3, 0.4) is 0 Å². The molecule has 1 amide bonds. The molecule has 2 heterocycles. The predicted octanol–water partition coefficient (Wildman–Crippen LogP) is 2.08. The molecule has 1 spiro atoms. The molecule has 2 atom stereocenters. The summed E-state index contributed by atoms with van der Waals surface area (Å²) < 4.78 is 6.06. The van der Waals surface area contributed by atoms with E-state index < -0.39 is 0 Å². The van der Waals surface area contributed by atoms with Gasteiger partial charge in [-0.2, -0.15) is 0 Å². The molecule has 2 unspecified atom stereocenters. The number of carbonyl (C=O) groups excluding carboxylic acids is 1. The Morgan fingerprint density at radius 1 is 1.25 bits per heavy atom. The van der Waals surface area contributed by atoms with Crippen molar-refractivity contribution in [1.29, 1.82) is 0 Å². The third kappa shape index (κ3) is 3.01. The van der Waals surface area contributed by atoms with Crippen LogP contribution < -0.4 is 5.32 Å². The summed E-state index contributed by atoms with van der Waals surface area (Å²) in [6, 6.07) is 0.401. The SMILES string of the molecule is CC(NC1CCOC2(CCCC2)C1)C(=O)N1CCCC1. The zero-order chi connectivity index (χ0) is 14.0. The van der Waals surface area contributed by atoms with Crippen LogP contribution in [0.4, 0.5) is 0 Å². The highest BCUT2D eigenvalue weighted by atomic mass is 16.5. The van der Waals surface area contributed by atoms with Crippen molar-refractivity contribution in [2.75, 3.05) is 19.7 Å². The Hall–Kier alpha value is -0.610. The van der Waals surface area contributed by atoms with E-state index in [9.17, 15) is 4.79 Å². The van der Waals surface area contributed by atoms with Crippen LogP contribution in [0.1, 0.15) is 58.3 Å². The molecular weight excluding hydrogens is 252 g/mol. The number of hydrogen-bond acceptors (Lipinski definition) is 3. The normalized spacial score (nSPS) is 30.9. The van der Waals surface area contributed by atoms with Gasteiger partial charge >= 0.3 is 0 Å². The van der Waals surface area contributed by atoms with Crippen LogP contribution in [-0.2, 0) is 9.53 Å². The van der Waals surface area contributed by atoms with Crippen LogP contribution in [0.25, 0.3) is 0 Å². The fraction of sp³-hybridized carbons (Fsp3) is 0.938. The Bertz CT molecular complexity index is 346. The second kappa shape index (κ2) is 6.02. The summed E-state index contributed by atoms with van der Waals surface area (Å²) in [5.41, 5.74) is 0.131. The number of carbonyl (C=O) groups is 1. The van der Waals surface area contributed by atoms with Gasteiger partial charge in [-0.05, 0) is 45.4 Å². The maximum Gasteiger partial charge on any atom is 0.239 e. The lowest BCUT2D eigenvalue weighted by atomic mass is 9.88. The molecule has 1 aliphatic carbocycles. The Morgan fingerprint density at radius 2 is 1.95 bits per heavy atom. The van der Waals surface area contributed by atoms with Gasteiger partial charge in [0.1, 0.15) is 0 Å². The van der Waals surface area contributed by atoms with E-state index in [4.69, 9.17) is 4.74 Å². The molecular formula is C16H28N2O2. The number of nitrogens with one attached hydrogen (secondary N) is 1. The molecule has 0 aromatic heterocycles. The van der Waals surface area contributed by atoms with Gasteiger partial charge in [-0.3, -0.25) is 4.79 Å². The summed E-state index contributed by atoms with van der Waals surface area (Å²) in [6.07, 6.45) is 9.48. The van der Waals surface area contributed by atoms with Gasteiger partial charge in [-0.25, -0.2) is 0 Å². The van der Waals surface area contributed by atoms with Crippen LogP contribution in [-0.4, -0.2) is 48.2 Å². The molecule has 2 saturated heterocycles. The smallest absolute Gasteiger partial charge is 0.239 e. The van der Waals surface area contributed by atoms with Crippen molar-refractivity contribution in [1.82, 2.24) is 10.2 Å². The summed E-state index contributed by atoms with van der Waals surface area (Å²) in [5.74, 6) is 0.287. The average molecular weight is 280 g/mol. The highest BCUT2D eigenvalue weighted by Crippen LogP contribution is 2.40. The maximum atomic E-state index is 12.4. The van der Waals surface area contributed by atoms with Crippen molar-refractivity contribution in [2.24, 2.45) is 0 Å². The van der Waals surface area contributed by atoms with E-state index in [1.54, 1.807) is 0 Å². The molecule has 1 N–H and O–H groups in total. The number of ether oxygens (including phenoxy) is 1. The van der Waals surface area contributed by atoms with E-state index in [1.807, 2.05) is 11.8 Å². The van der Waals surface area contributed by atoms with Gasteiger partial charge in [0.2, 0.25) is 5.91 Å². The van der Waals surface area contributed by atoms with Crippen LogP contribution in [0.15, 0.2) is 0 Å². The number of nitrogens with zero attached hydrogens (tertiary/aromatic N) is 1. The topological polar surface area (TPSA) is 41.6 Å². The fourth-order valence-electron chi connectivity index (χ4n) is 4.17. The second-order valence-corrected chi connectivity index (χ2v) is 6.85. The van der Waals surface area contributed by atoms with Crippen molar-refractivity contribution in [3.05, 3.63) is 0 Å². The van der Waals surface area contributed by atoms with Crippen molar-refractivity contribution in [3.63, 3.8) is 0 Å². The minimum atomic E-state index is -0.0466. The van der Waals surface area contributed by atoms with Crippen molar-refractivity contribution in [3.8, 4) is 0 Å². The zero-order valence-electron chi connectivity index (χ0n) is 12.7. The summed E-state index contributed by atoms with van der Waals surface area (Å²) in [6.45, 7) is 4.77. The Balaban J connectivity index is 1.52. The molecule has 0 bridgehead atoms. The van der Waals surface area contributed by atoms with Crippen molar-refractivity contribution in [2.45, 2.75) is 76.0 Å². The maximum absolute atomic E-state index is 12.4. The number of likely N-dealkylation sites (tertiary alicyclic amines) is 1. The average Bonchev–Trinajstić information content (AvgIpc) is 3.10. The molecule has 1 saturated carbocycles. The van der Waals surface area contributed by atoms with Gasteiger partial charge in [0, 0.05) is 25.7 Å². The standard InChI is InChI=1S/C16H28N2O2/c1-13(15(19)18-9-4-5-10-18)17-14-6-11-20-16(12-14)7-2-3-8-16/h13-14,17H,2-12H2,1H3. The minimum Gasteiger partial charge on any atom is -0.375 e. The van der Waals surface area contributed by atoms with Gasteiger partial charge in [0.05, 0.1) is 11.6 Å². The molecule has 114 valence electrons. The molecule has 4 heteroatoms. The third-order valence-electron chi connectivity index (χ3n) is 5.28. The second-order valence-electron chi connectivity index (χ2n) is 6.85. The fourth-order valence-corrected chi connectivity index (χ4v) is 4.17. The molecule has 4 nitrogen and oxygen atoms in total. The van der Waals surface area contributed by atoms with Crippen molar-refractivity contribution >= 4 is 5.91 Å². The Morgan fingerprint density at radius 3 is 2.65 bits per heavy atom. The summed E-state index contributed by atoms with van der Waals surface area (Å²) in [5, 5.41) is 3.58. The summed E-state index contributed by atoms with van der Waals surface area (Å²) in [7, 11) is 0. The summed E-state index contributed by atoms with van der Waals surface area (Å²) in [4.78, 5) is 14.4. The monoisotopic (exact) mass is 280 g/mol. The lowest BCUT2D eigenvalue weighted by Crippen LogP contribution is -2.52. The zero-order valence-corrected chi connectivity index (χ0v) is 12.7. The van der Waals surface area contributed by atoms with E-state index >= 15 is 0 Å². The molecule has 3 aliphatic rings. The van der Waals surface area contributed by atoms with Gasteiger partial charge in [-0.15, -0.1) is 0 Å². The highest BCUT2D eigenvalue weighted by Gasteiger charge is 2.40. The summed E-state index contributed by atoms with van der Waals surface area (Å²) >= 11 is 0. The first-order valence-corrected chi connectivity index (χ1v) is 8.37. The molecule has 0 radical (unpaired) electrons. The quantitative estimate of drug-likeness (QED) is 0.860. The van der Waals surface area contributed by atoms with E-state index in [0.29, 0.717) is 6.04 Å².